The summed E-state index contributed by atoms with van der Waals surface area (Å²) in [6, 6.07) is 34.7. The number of hydrogen-bond acceptors (Lipinski definition) is 0. The van der Waals surface area contributed by atoms with E-state index in [9.17, 15) is 0 Å². The van der Waals surface area contributed by atoms with Gasteiger partial charge in [-0.15, -0.1) is 0 Å². The normalized spacial score (nSPS) is 13.3. The van der Waals surface area contributed by atoms with Crippen molar-refractivity contribution in [1.29, 1.82) is 0 Å². The van der Waals surface area contributed by atoms with Gasteiger partial charge in [0, 0.05) is 0 Å². The second kappa shape index (κ2) is 7.99. The summed E-state index contributed by atoms with van der Waals surface area (Å²) < 4.78 is 0. The molecule has 4 heteroatoms. The summed E-state index contributed by atoms with van der Waals surface area (Å²) in [5.41, 5.74) is 0. The quantitative estimate of drug-likeness (QED) is 0.458. The molecular formula is C25H36Si4. The Bertz CT molecular complexity index is 807. The van der Waals surface area contributed by atoms with Gasteiger partial charge in [-0.3, -0.25) is 0 Å². The molecule has 0 bridgehead atoms. The molecule has 0 aromatic heterocycles. The average molecular weight is 449 g/mol. The molecule has 0 heterocycles. The summed E-state index contributed by atoms with van der Waals surface area (Å²) in [6.07, 6.45) is 0. The molecule has 0 aliphatic carbocycles. The predicted molar refractivity (Wildman–Crippen MR) is 142 cm³/mol. The van der Waals surface area contributed by atoms with E-state index >= 15 is 0 Å². The molecule has 0 amide bonds. The van der Waals surface area contributed by atoms with E-state index in [0.29, 0.717) is 0 Å². The summed E-state index contributed by atoms with van der Waals surface area (Å²) in [6.45, 7) is 17.3. The Morgan fingerprint density at radius 3 is 0.759 bits per heavy atom. The minimum Gasteiger partial charge on any atom is -0.0737 e. The highest BCUT2D eigenvalue weighted by Gasteiger charge is 2.64. The van der Waals surface area contributed by atoms with Crippen molar-refractivity contribution < 1.29 is 0 Å². The number of rotatable bonds is 6. The monoisotopic (exact) mass is 448 g/mol. The van der Waals surface area contributed by atoms with Crippen LogP contribution in [0.15, 0.2) is 91.0 Å². The second-order valence-electron chi connectivity index (χ2n) is 10.1. The van der Waals surface area contributed by atoms with Crippen LogP contribution >= 0.6 is 0 Å². The van der Waals surface area contributed by atoms with Gasteiger partial charge >= 0.3 is 0 Å². The molecule has 0 fully saturated rings. The van der Waals surface area contributed by atoms with Crippen LogP contribution in [0.1, 0.15) is 0 Å². The number of hydrogen-bond donors (Lipinski definition) is 0. The SMILES string of the molecule is C[Si](C)(c1ccccc1)[Si](C)([Si](C)(C)c1ccccc1)[Si](C)(C)c1ccccc1. The summed E-state index contributed by atoms with van der Waals surface area (Å²) in [5.74, 6) is 0. The first-order valence-electron chi connectivity index (χ1n) is 10.7. The van der Waals surface area contributed by atoms with Crippen LogP contribution in [-0.4, -0.2) is 29.4 Å². The lowest BCUT2D eigenvalue weighted by molar-refractivity contribution is 1.68. The third-order valence-electron chi connectivity index (χ3n) is 8.24. The van der Waals surface area contributed by atoms with Crippen molar-refractivity contribution in [2.75, 3.05) is 0 Å². The maximum Gasteiger partial charge on any atom is 0.0700 e. The highest BCUT2D eigenvalue weighted by molar-refractivity contribution is 7.93. The summed E-state index contributed by atoms with van der Waals surface area (Å²) >= 11 is 0. The summed E-state index contributed by atoms with van der Waals surface area (Å²) in [4.78, 5) is 0. The largest absolute Gasteiger partial charge is 0.0737 e. The lowest BCUT2D eigenvalue weighted by Crippen LogP contribution is -2.91. The second-order valence-corrected chi connectivity index (χ2v) is 48.6. The van der Waals surface area contributed by atoms with Gasteiger partial charge in [0.25, 0.3) is 0 Å². The molecule has 0 aliphatic rings. The zero-order valence-electron chi connectivity index (χ0n) is 19.2. The van der Waals surface area contributed by atoms with Gasteiger partial charge in [-0.05, 0) is 0 Å². The minimum absolute atomic E-state index is 1.65. The zero-order valence-corrected chi connectivity index (χ0v) is 23.2. The van der Waals surface area contributed by atoms with Crippen LogP contribution in [0.25, 0.3) is 0 Å². The molecule has 29 heavy (non-hydrogen) atoms. The first-order chi connectivity index (χ1) is 13.6. The van der Waals surface area contributed by atoms with E-state index in [1.807, 2.05) is 0 Å². The summed E-state index contributed by atoms with van der Waals surface area (Å²) in [5, 5.41) is 4.96. The molecule has 0 nitrogen and oxygen atoms in total. The highest BCUT2D eigenvalue weighted by Crippen LogP contribution is 2.36. The molecule has 3 aromatic carbocycles. The molecule has 0 N–H and O–H groups in total. The molecule has 0 unspecified atom stereocenters. The van der Waals surface area contributed by atoms with Crippen LogP contribution < -0.4 is 15.6 Å². The van der Waals surface area contributed by atoms with Crippen molar-refractivity contribution in [2.24, 2.45) is 0 Å². The van der Waals surface area contributed by atoms with Gasteiger partial charge in [0.05, 0.1) is 29.4 Å². The third-order valence-corrected chi connectivity index (χ3v) is 79.9. The Morgan fingerprint density at radius 1 is 0.345 bits per heavy atom. The Labute approximate surface area is 181 Å². The van der Waals surface area contributed by atoms with Crippen molar-refractivity contribution >= 4 is 45.0 Å². The molecule has 0 aliphatic heterocycles. The van der Waals surface area contributed by atoms with Crippen LogP contribution in [0.4, 0.5) is 0 Å². The van der Waals surface area contributed by atoms with Gasteiger partial charge < -0.3 is 0 Å². The van der Waals surface area contributed by atoms with Crippen LogP contribution in [0.2, 0.25) is 45.8 Å². The molecule has 3 rings (SSSR count). The first-order valence-corrected chi connectivity index (χ1v) is 25.2. The summed E-state index contributed by atoms with van der Waals surface area (Å²) in [7, 11) is -5.12. The minimum atomic E-state index is -1.74. The number of benzene rings is 3. The predicted octanol–water partition coefficient (Wildman–Crippen LogP) is 5.15. The topological polar surface area (TPSA) is 0 Å². The van der Waals surface area contributed by atoms with Crippen molar-refractivity contribution in [3.8, 4) is 0 Å². The molecule has 3 aromatic rings. The van der Waals surface area contributed by atoms with E-state index < -0.39 is 29.4 Å². The van der Waals surface area contributed by atoms with Crippen LogP contribution in [0, 0.1) is 0 Å². The van der Waals surface area contributed by atoms with Crippen molar-refractivity contribution in [3.63, 3.8) is 0 Å². The fourth-order valence-electron chi connectivity index (χ4n) is 5.77. The van der Waals surface area contributed by atoms with Gasteiger partial charge in [0.15, 0.2) is 0 Å². The maximum absolute atomic E-state index is 2.82. The van der Waals surface area contributed by atoms with Crippen LogP contribution in [-0.2, 0) is 0 Å². The Hall–Kier alpha value is -1.47. The van der Waals surface area contributed by atoms with Crippen LogP contribution in [0.5, 0.6) is 0 Å². The molecule has 0 saturated heterocycles. The van der Waals surface area contributed by atoms with Gasteiger partial charge in [0.2, 0.25) is 0 Å². The fourth-order valence-corrected chi connectivity index (χ4v) is 86.0. The van der Waals surface area contributed by atoms with E-state index in [2.05, 4.69) is 137 Å². The van der Waals surface area contributed by atoms with Crippen LogP contribution in [0.3, 0.4) is 0 Å². The lowest BCUT2D eigenvalue weighted by Gasteiger charge is -2.58. The molecule has 0 radical (unpaired) electrons. The lowest BCUT2D eigenvalue weighted by atomic mass is 10.4. The van der Waals surface area contributed by atoms with Gasteiger partial charge in [-0.2, -0.15) is 0 Å². The van der Waals surface area contributed by atoms with E-state index in [1.165, 1.54) is 0 Å². The Kier molecular flexibility index (Phi) is 6.12. The molecule has 0 spiro atoms. The molecular weight excluding hydrogens is 413 g/mol. The highest BCUT2D eigenvalue weighted by atomic mass is 29.9. The zero-order chi connectivity index (χ0) is 21.3. The standard InChI is InChI=1S/C25H36Si4/c1-26(2,23-17-11-8-12-18-23)29(7,27(3,4)24-19-13-9-14-20-24)28(5,6)25-21-15-10-16-22-25/h8-22H,1-7H3. The van der Waals surface area contributed by atoms with E-state index in [0.717, 1.165) is 0 Å². The molecule has 0 saturated carbocycles. The fraction of sp³-hybridized carbons (Fsp3) is 0.280. The molecule has 152 valence electrons. The smallest absolute Gasteiger partial charge is 0.0700 e. The Balaban J connectivity index is 2.33. The molecule has 0 atom stereocenters. The average Bonchev–Trinajstić information content (AvgIpc) is 2.74. The Morgan fingerprint density at radius 2 is 0.552 bits per heavy atom. The van der Waals surface area contributed by atoms with E-state index in [-0.39, 0.29) is 0 Å². The van der Waals surface area contributed by atoms with E-state index in [1.54, 1.807) is 15.6 Å². The van der Waals surface area contributed by atoms with E-state index in [4.69, 9.17) is 0 Å². The van der Waals surface area contributed by atoms with Crippen molar-refractivity contribution in [2.45, 2.75) is 45.8 Å². The third kappa shape index (κ3) is 3.50. The first kappa shape index (κ1) is 22.2. The van der Waals surface area contributed by atoms with Crippen molar-refractivity contribution in [1.82, 2.24) is 0 Å². The maximum atomic E-state index is 2.82. The van der Waals surface area contributed by atoms with Gasteiger partial charge in [-0.25, -0.2) is 0 Å². The van der Waals surface area contributed by atoms with Gasteiger partial charge in [-0.1, -0.05) is 152 Å². The van der Waals surface area contributed by atoms with Crippen molar-refractivity contribution in [3.05, 3.63) is 91.0 Å². The van der Waals surface area contributed by atoms with Gasteiger partial charge in [0.1, 0.15) is 0 Å².